The molecule has 0 radical (unpaired) electrons. The van der Waals surface area contributed by atoms with E-state index in [4.69, 9.17) is 31.4 Å². The Morgan fingerprint density at radius 2 is 1.06 bits per heavy atom. The number of nitrogen functional groups attached to an aromatic ring is 3. The van der Waals surface area contributed by atoms with Gasteiger partial charge in [0, 0.05) is 17.4 Å². The molecule has 11 heteroatoms. The van der Waals surface area contributed by atoms with Crippen molar-refractivity contribution in [3.63, 3.8) is 0 Å². The SMILES string of the molecule is CCOC(=O)c1ccc(CC2CCC(C(C)(C)C)CC2)c(N)c1.CCOC(=O)c1ccc(NC2CCC(C)CC2)c(N)c1.CCOC(=O)c1ccc(Nc2ccccc2)c(N)c1. The minimum atomic E-state index is -0.361. The van der Waals surface area contributed by atoms with Crippen LogP contribution in [0.2, 0.25) is 0 Å². The summed E-state index contributed by atoms with van der Waals surface area (Å²) in [6.45, 7) is 15.8. The van der Waals surface area contributed by atoms with E-state index in [1.807, 2.05) is 55.5 Å². The van der Waals surface area contributed by atoms with Gasteiger partial charge < -0.3 is 42.0 Å². The summed E-state index contributed by atoms with van der Waals surface area (Å²) in [5.41, 5.74) is 25.7. The Kier molecular flexibility index (Phi) is 19.0. The number of benzene rings is 4. The van der Waals surface area contributed by atoms with Gasteiger partial charge in [-0.05, 0) is 168 Å². The van der Waals surface area contributed by atoms with Gasteiger partial charge in [0.1, 0.15) is 0 Å². The standard InChI is InChI=1S/C20H31NO2.C16H24N2O2.C15H16N2O2/c1-5-23-19(22)16-9-8-15(18(21)13-16)12-14-6-10-17(11-7-14)20(2,3)4;1-3-20-16(19)12-6-9-15(14(17)10-12)18-13-7-4-11(2)5-8-13;1-2-19-15(18)11-8-9-14(13(16)10-11)17-12-6-4-3-5-7-12/h8-9,13-14,17H,5-7,10-12,21H2,1-4H3;6,9-11,13,18H,3-5,7-8,17H2,1-2H3;3-10,17H,2,16H2,1H3. The quantitative estimate of drug-likeness (QED) is 0.0520. The Morgan fingerprint density at radius 3 is 1.52 bits per heavy atom. The number of para-hydroxylation sites is 1. The van der Waals surface area contributed by atoms with Gasteiger partial charge in [-0.1, -0.05) is 52.0 Å². The highest BCUT2D eigenvalue weighted by atomic mass is 16.5. The maximum absolute atomic E-state index is 11.8. The van der Waals surface area contributed by atoms with E-state index in [2.05, 4.69) is 38.3 Å². The van der Waals surface area contributed by atoms with Gasteiger partial charge in [0.2, 0.25) is 0 Å². The molecule has 0 aromatic heterocycles. The fraction of sp³-hybridized carbons (Fsp3) is 0.471. The second kappa shape index (κ2) is 24.1. The van der Waals surface area contributed by atoms with Crippen LogP contribution in [0.15, 0.2) is 84.9 Å². The predicted octanol–water partition coefficient (Wildman–Crippen LogP) is 11.5. The number of hydrogen-bond acceptors (Lipinski definition) is 11. The first-order valence-corrected chi connectivity index (χ1v) is 22.4. The van der Waals surface area contributed by atoms with Crippen LogP contribution in [0.5, 0.6) is 0 Å². The molecule has 0 bridgehead atoms. The third-order valence-corrected chi connectivity index (χ3v) is 11.8. The first-order valence-electron chi connectivity index (χ1n) is 22.4. The minimum absolute atomic E-state index is 0.295. The van der Waals surface area contributed by atoms with Gasteiger partial charge in [-0.15, -0.1) is 0 Å². The van der Waals surface area contributed by atoms with Crippen LogP contribution in [-0.4, -0.2) is 43.8 Å². The summed E-state index contributed by atoms with van der Waals surface area (Å²) < 4.78 is 14.9. The molecule has 4 aromatic carbocycles. The van der Waals surface area contributed by atoms with Gasteiger partial charge in [0.05, 0.1) is 59.3 Å². The topological polar surface area (TPSA) is 181 Å². The number of carbonyl (C=O) groups is 3. The van der Waals surface area contributed by atoms with Crippen LogP contribution in [0, 0.1) is 23.2 Å². The van der Waals surface area contributed by atoms with E-state index in [0.717, 1.165) is 40.9 Å². The zero-order chi connectivity index (χ0) is 45.2. The van der Waals surface area contributed by atoms with Crippen molar-refractivity contribution in [2.45, 2.75) is 112 Å². The summed E-state index contributed by atoms with van der Waals surface area (Å²) in [6, 6.07) is 26.2. The van der Waals surface area contributed by atoms with E-state index in [-0.39, 0.29) is 17.9 Å². The lowest BCUT2D eigenvalue weighted by Gasteiger charge is -2.37. The molecule has 8 N–H and O–H groups in total. The van der Waals surface area contributed by atoms with Crippen LogP contribution in [0.25, 0.3) is 0 Å². The van der Waals surface area contributed by atoms with Crippen molar-refractivity contribution >= 4 is 52.0 Å². The largest absolute Gasteiger partial charge is 0.462 e. The Balaban J connectivity index is 0.000000205. The number of anilines is 6. The lowest BCUT2D eigenvalue weighted by Crippen LogP contribution is -2.26. The Morgan fingerprint density at radius 1 is 0.597 bits per heavy atom. The lowest BCUT2D eigenvalue weighted by atomic mass is 9.69. The average molecular weight is 850 g/mol. The molecule has 0 amide bonds. The second-order valence-electron chi connectivity index (χ2n) is 17.6. The molecule has 336 valence electrons. The van der Waals surface area contributed by atoms with Crippen molar-refractivity contribution in [2.75, 3.05) is 47.7 Å². The van der Waals surface area contributed by atoms with E-state index in [0.29, 0.717) is 70.9 Å². The molecule has 0 heterocycles. The second-order valence-corrected chi connectivity index (χ2v) is 17.6. The van der Waals surface area contributed by atoms with E-state index in [1.165, 1.54) is 51.4 Å². The summed E-state index contributed by atoms with van der Waals surface area (Å²) in [4.78, 5) is 35.0. The lowest BCUT2D eigenvalue weighted by molar-refractivity contribution is 0.0517. The highest BCUT2D eigenvalue weighted by Gasteiger charge is 2.30. The van der Waals surface area contributed by atoms with Gasteiger partial charge in [-0.25, -0.2) is 14.4 Å². The molecular weight excluding hydrogens is 779 g/mol. The molecular formula is C51H71N5O6. The van der Waals surface area contributed by atoms with Crippen LogP contribution in [0.1, 0.15) is 136 Å². The Hall–Kier alpha value is -5.71. The van der Waals surface area contributed by atoms with Crippen molar-refractivity contribution in [2.24, 2.45) is 23.2 Å². The van der Waals surface area contributed by atoms with Gasteiger partial charge in [0.25, 0.3) is 0 Å². The number of nitrogens with two attached hydrogens (primary N) is 3. The van der Waals surface area contributed by atoms with E-state index in [1.54, 1.807) is 50.2 Å². The molecule has 0 aliphatic heterocycles. The Bertz CT molecular complexity index is 2030. The van der Waals surface area contributed by atoms with E-state index in [9.17, 15) is 14.4 Å². The monoisotopic (exact) mass is 850 g/mol. The highest BCUT2D eigenvalue weighted by Crippen LogP contribution is 2.41. The van der Waals surface area contributed by atoms with Crippen molar-refractivity contribution in [1.82, 2.24) is 0 Å². The Labute approximate surface area is 369 Å². The fourth-order valence-electron chi connectivity index (χ4n) is 8.02. The molecule has 11 nitrogen and oxygen atoms in total. The molecule has 0 unspecified atom stereocenters. The smallest absolute Gasteiger partial charge is 0.338 e. The summed E-state index contributed by atoms with van der Waals surface area (Å²) >= 11 is 0. The average Bonchev–Trinajstić information content (AvgIpc) is 3.25. The third-order valence-electron chi connectivity index (χ3n) is 11.8. The molecule has 2 aliphatic carbocycles. The van der Waals surface area contributed by atoms with Crippen molar-refractivity contribution < 1.29 is 28.6 Å². The number of hydrogen-bond donors (Lipinski definition) is 5. The number of ether oxygens (including phenoxy) is 3. The highest BCUT2D eigenvalue weighted by molar-refractivity contribution is 5.93. The molecule has 2 fully saturated rings. The first-order chi connectivity index (χ1) is 29.6. The number of nitrogens with one attached hydrogen (secondary N) is 2. The van der Waals surface area contributed by atoms with Gasteiger partial charge >= 0.3 is 17.9 Å². The summed E-state index contributed by atoms with van der Waals surface area (Å²) in [5.74, 6) is 1.40. The van der Waals surface area contributed by atoms with Crippen LogP contribution in [0.3, 0.4) is 0 Å². The molecule has 2 saturated carbocycles. The maximum atomic E-state index is 11.8. The van der Waals surface area contributed by atoms with Gasteiger partial charge in [0.15, 0.2) is 0 Å². The zero-order valence-corrected chi connectivity index (χ0v) is 38.1. The number of esters is 3. The van der Waals surface area contributed by atoms with Crippen molar-refractivity contribution in [3.05, 3.63) is 107 Å². The molecule has 0 spiro atoms. The molecule has 4 aromatic rings. The van der Waals surface area contributed by atoms with Crippen LogP contribution in [0.4, 0.5) is 34.1 Å². The third kappa shape index (κ3) is 15.3. The van der Waals surface area contributed by atoms with Crippen molar-refractivity contribution in [1.29, 1.82) is 0 Å². The van der Waals surface area contributed by atoms with Crippen LogP contribution >= 0.6 is 0 Å². The molecule has 2 aliphatic rings. The van der Waals surface area contributed by atoms with Gasteiger partial charge in [-0.3, -0.25) is 0 Å². The number of carbonyl (C=O) groups excluding carboxylic acids is 3. The van der Waals surface area contributed by atoms with E-state index >= 15 is 0 Å². The fourth-order valence-corrected chi connectivity index (χ4v) is 8.02. The van der Waals surface area contributed by atoms with Gasteiger partial charge in [-0.2, -0.15) is 0 Å². The van der Waals surface area contributed by atoms with Crippen molar-refractivity contribution in [3.8, 4) is 0 Å². The molecule has 6 rings (SSSR count). The molecule has 0 saturated heterocycles. The molecule has 0 atom stereocenters. The minimum Gasteiger partial charge on any atom is -0.462 e. The summed E-state index contributed by atoms with van der Waals surface area (Å²) in [6.07, 6.45) is 11.1. The molecule has 62 heavy (non-hydrogen) atoms. The van der Waals surface area contributed by atoms with Crippen LogP contribution < -0.4 is 27.8 Å². The maximum Gasteiger partial charge on any atom is 0.338 e. The predicted molar refractivity (Wildman–Crippen MR) is 254 cm³/mol. The van der Waals surface area contributed by atoms with Crippen LogP contribution in [-0.2, 0) is 20.6 Å². The summed E-state index contributed by atoms with van der Waals surface area (Å²) in [7, 11) is 0. The van der Waals surface area contributed by atoms with E-state index < -0.39 is 0 Å². The normalized spacial score (nSPS) is 18.4. The summed E-state index contributed by atoms with van der Waals surface area (Å²) in [5, 5.41) is 6.68. The number of rotatable bonds is 12. The first kappa shape index (κ1) is 49.0. The zero-order valence-electron chi connectivity index (χ0n) is 38.1.